The average Bonchev–Trinajstić information content (AvgIpc) is 3.69. The van der Waals surface area contributed by atoms with Gasteiger partial charge in [-0.05, 0) is 53.6 Å². The second-order valence-electron chi connectivity index (χ2n) is 9.12. The van der Waals surface area contributed by atoms with Gasteiger partial charge < -0.3 is 23.9 Å². The summed E-state index contributed by atoms with van der Waals surface area (Å²) in [6.07, 6.45) is 1.57. The fraction of sp³-hybridized carbons (Fsp3) is 0.133. The molecule has 1 unspecified atom stereocenters. The molecule has 0 saturated heterocycles. The van der Waals surface area contributed by atoms with Crippen LogP contribution in [0.5, 0.6) is 17.2 Å². The van der Waals surface area contributed by atoms with Crippen molar-refractivity contribution in [3.63, 3.8) is 0 Å². The van der Waals surface area contributed by atoms with E-state index < -0.39 is 6.04 Å². The van der Waals surface area contributed by atoms with Crippen molar-refractivity contribution in [2.75, 3.05) is 7.11 Å². The summed E-state index contributed by atoms with van der Waals surface area (Å²) in [7, 11) is 1.58. The lowest BCUT2D eigenvalue weighted by atomic mass is 9.95. The van der Waals surface area contributed by atoms with Crippen LogP contribution < -0.4 is 9.47 Å². The second kappa shape index (κ2) is 10.2. The number of nitrogens with one attached hydrogen (secondary N) is 1. The number of aromatic amines is 1. The lowest BCUT2D eigenvalue weighted by molar-refractivity contribution is 0.0716. The highest BCUT2D eigenvalue weighted by Crippen LogP contribution is 2.46. The van der Waals surface area contributed by atoms with Crippen molar-refractivity contribution in [1.82, 2.24) is 15.1 Å². The van der Waals surface area contributed by atoms with Crippen LogP contribution in [0.2, 0.25) is 5.02 Å². The SMILES string of the molecule is COc1cc(C2c3c(-c4cc(Cl)ccc4O)n[nH]c3C(=O)N2Cc2ccco2)ccc1OCc1ccccc1. The van der Waals surface area contributed by atoms with Crippen LogP contribution in [0.25, 0.3) is 11.3 Å². The van der Waals surface area contributed by atoms with Gasteiger partial charge in [0.2, 0.25) is 0 Å². The molecule has 5 aromatic rings. The standard InChI is InChI=1S/C30H24ClN3O5/c1-37-25-14-19(9-12-24(25)39-17-18-6-3-2-4-7-18)29-26-27(22-15-20(31)10-11-23(22)35)32-33-28(26)30(36)34(29)16-21-8-5-13-38-21/h2-15,29,35H,16-17H2,1H3,(H,32,33). The lowest BCUT2D eigenvalue weighted by Gasteiger charge is -2.26. The van der Waals surface area contributed by atoms with Crippen molar-refractivity contribution in [2.24, 2.45) is 0 Å². The van der Waals surface area contributed by atoms with Crippen molar-refractivity contribution in [3.8, 4) is 28.5 Å². The molecule has 0 bridgehead atoms. The monoisotopic (exact) mass is 541 g/mol. The summed E-state index contributed by atoms with van der Waals surface area (Å²) in [5.41, 5.74) is 3.64. The van der Waals surface area contributed by atoms with E-state index in [4.69, 9.17) is 25.5 Å². The zero-order valence-electron chi connectivity index (χ0n) is 20.9. The van der Waals surface area contributed by atoms with Crippen molar-refractivity contribution in [1.29, 1.82) is 0 Å². The number of nitrogens with zero attached hydrogens (tertiary/aromatic N) is 2. The van der Waals surface area contributed by atoms with Crippen LogP contribution in [0.15, 0.2) is 89.5 Å². The number of carbonyl (C=O) groups is 1. The minimum absolute atomic E-state index is 0.00613. The molecular formula is C30H24ClN3O5. The van der Waals surface area contributed by atoms with Crippen LogP contribution in [0.3, 0.4) is 0 Å². The van der Waals surface area contributed by atoms with E-state index in [-0.39, 0.29) is 18.2 Å². The minimum Gasteiger partial charge on any atom is -0.507 e. The van der Waals surface area contributed by atoms with Gasteiger partial charge in [0.05, 0.1) is 26.0 Å². The number of H-pyrrole nitrogens is 1. The molecule has 196 valence electrons. The summed E-state index contributed by atoms with van der Waals surface area (Å²) in [4.78, 5) is 15.4. The van der Waals surface area contributed by atoms with Gasteiger partial charge in [0.15, 0.2) is 11.5 Å². The number of rotatable bonds is 8. The molecule has 8 nitrogen and oxygen atoms in total. The van der Waals surface area contributed by atoms with Crippen LogP contribution in [0.1, 0.15) is 39.0 Å². The van der Waals surface area contributed by atoms with Crippen molar-refractivity contribution in [2.45, 2.75) is 19.2 Å². The van der Waals surface area contributed by atoms with E-state index in [0.717, 1.165) is 11.1 Å². The number of benzene rings is 3. The summed E-state index contributed by atoms with van der Waals surface area (Å²) >= 11 is 6.25. The normalized spacial score (nSPS) is 14.5. The molecule has 0 fully saturated rings. The number of furan rings is 1. The van der Waals surface area contributed by atoms with E-state index in [1.54, 1.807) is 36.5 Å². The lowest BCUT2D eigenvalue weighted by Crippen LogP contribution is -2.29. The van der Waals surface area contributed by atoms with E-state index in [9.17, 15) is 9.90 Å². The maximum Gasteiger partial charge on any atom is 0.273 e. The molecule has 1 atom stereocenters. The van der Waals surface area contributed by atoms with Crippen LogP contribution in [0.4, 0.5) is 0 Å². The Morgan fingerprint density at radius 2 is 1.90 bits per heavy atom. The number of carbonyl (C=O) groups excluding carboxylic acids is 1. The number of hydrogen-bond donors (Lipinski definition) is 2. The van der Waals surface area contributed by atoms with Crippen molar-refractivity contribution < 1.29 is 23.8 Å². The van der Waals surface area contributed by atoms with Gasteiger partial charge in [-0.2, -0.15) is 5.10 Å². The van der Waals surface area contributed by atoms with E-state index in [0.29, 0.717) is 51.4 Å². The Balaban J connectivity index is 1.43. The number of methoxy groups -OCH3 is 1. The number of aromatic hydroxyl groups is 1. The van der Waals surface area contributed by atoms with Crippen LogP contribution in [-0.2, 0) is 13.2 Å². The first-order valence-electron chi connectivity index (χ1n) is 12.3. The molecule has 39 heavy (non-hydrogen) atoms. The summed E-state index contributed by atoms with van der Waals surface area (Å²) in [6.45, 7) is 0.613. The largest absolute Gasteiger partial charge is 0.507 e. The van der Waals surface area contributed by atoms with Gasteiger partial charge in [0.1, 0.15) is 29.5 Å². The third-order valence-electron chi connectivity index (χ3n) is 6.72. The molecule has 3 aromatic carbocycles. The molecule has 2 aromatic heterocycles. The summed E-state index contributed by atoms with van der Waals surface area (Å²) < 4.78 is 17.3. The van der Waals surface area contributed by atoms with Gasteiger partial charge in [-0.1, -0.05) is 48.0 Å². The van der Waals surface area contributed by atoms with Gasteiger partial charge in [-0.25, -0.2) is 0 Å². The molecule has 0 spiro atoms. The number of amides is 1. The number of phenolic OH excluding ortho intramolecular Hbond substituents is 1. The first-order chi connectivity index (χ1) is 19.0. The third-order valence-corrected chi connectivity index (χ3v) is 6.96. The van der Waals surface area contributed by atoms with Crippen molar-refractivity contribution >= 4 is 17.5 Å². The highest BCUT2D eigenvalue weighted by Gasteiger charge is 2.43. The van der Waals surface area contributed by atoms with Gasteiger partial charge >= 0.3 is 0 Å². The third kappa shape index (κ3) is 4.59. The predicted molar refractivity (Wildman–Crippen MR) is 145 cm³/mol. The Labute approximate surface area is 229 Å². The topological polar surface area (TPSA) is 101 Å². The van der Waals surface area contributed by atoms with Crippen LogP contribution in [-0.4, -0.2) is 33.2 Å². The number of ether oxygens (including phenoxy) is 2. The predicted octanol–water partition coefficient (Wildman–Crippen LogP) is 6.36. The Kier molecular flexibility index (Phi) is 6.46. The van der Waals surface area contributed by atoms with Gasteiger partial charge in [-0.3, -0.25) is 9.89 Å². The van der Waals surface area contributed by atoms with Crippen LogP contribution >= 0.6 is 11.6 Å². The highest BCUT2D eigenvalue weighted by molar-refractivity contribution is 6.31. The van der Waals surface area contributed by atoms with Gasteiger partial charge in [-0.15, -0.1) is 0 Å². The fourth-order valence-electron chi connectivity index (χ4n) is 4.89. The second-order valence-corrected chi connectivity index (χ2v) is 9.56. The molecule has 6 rings (SSSR count). The Morgan fingerprint density at radius 3 is 2.67 bits per heavy atom. The summed E-state index contributed by atoms with van der Waals surface area (Å²) in [5.74, 6) is 1.50. The smallest absolute Gasteiger partial charge is 0.273 e. The number of halogens is 1. The summed E-state index contributed by atoms with van der Waals surface area (Å²) in [6, 6.07) is 23.2. The molecule has 0 saturated carbocycles. The number of hydrogen-bond acceptors (Lipinski definition) is 6. The molecule has 1 aliphatic heterocycles. The van der Waals surface area contributed by atoms with Gasteiger partial charge in [0.25, 0.3) is 5.91 Å². The highest BCUT2D eigenvalue weighted by atomic mass is 35.5. The zero-order chi connectivity index (χ0) is 26.9. The van der Waals surface area contributed by atoms with E-state index in [1.807, 2.05) is 54.6 Å². The number of fused-ring (bicyclic) bond motifs is 1. The maximum atomic E-state index is 13.7. The van der Waals surface area contributed by atoms with E-state index >= 15 is 0 Å². The average molecular weight is 542 g/mol. The molecule has 0 radical (unpaired) electrons. The first-order valence-corrected chi connectivity index (χ1v) is 12.7. The summed E-state index contributed by atoms with van der Waals surface area (Å²) in [5, 5.41) is 18.4. The Hall–Kier alpha value is -4.69. The zero-order valence-corrected chi connectivity index (χ0v) is 21.7. The number of aromatic nitrogens is 2. The van der Waals surface area contributed by atoms with Crippen molar-refractivity contribution in [3.05, 3.63) is 118 Å². The molecular weight excluding hydrogens is 518 g/mol. The Bertz CT molecular complexity index is 1630. The molecule has 1 amide bonds. The van der Waals surface area contributed by atoms with Gasteiger partial charge in [0, 0.05) is 16.1 Å². The van der Waals surface area contributed by atoms with E-state index in [1.165, 1.54) is 6.07 Å². The Morgan fingerprint density at radius 1 is 1.05 bits per heavy atom. The first kappa shape index (κ1) is 24.6. The molecule has 0 aliphatic carbocycles. The fourth-order valence-corrected chi connectivity index (χ4v) is 5.06. The quantitative estimate of drug-likeness (QED) is 0.237. The maximum absolute atomic E-state index is 13.7. The molecule has 9 heteroatoms. The van der Waals surface area contributed by atoms with Crippen LogP contribution in [0, 0.1) is 0 Å². The minimum atomic E-state index is -0.554. The number of phenols is 1. The molecule has 2 N–H and O–H groups in total. The molecule has 1 aliphatic rings. The molecule has 3 heterocycles. The van der Waals surface area contributed by atoms with E-state index in [2.05, 4.69) is 10.2 Å².